The highest BCUT2D eigenvalue weighted by Crippen LogP contribution is 2.34. The molecule has 1 aliphatic heterocycles. The van der Waals surface area contributed by atoms with Crippen LogP contribution in [0.4, 0.5) is 0 Å². The van der Waals surface area contributed by atoms with Crippen LogP contribution in [0.1, 0.15) is 41.1 Å². The SMILES string of the molecule is Cc1nc(C(=O)NC[C@@H]2CCCN(C)[C@H]2c2cncn2C)no1. The number of likely N-dealkylation sites (tertiary alicyclic amines) is 1. The quantitative estimate of drug-likeness (QED) is 0.902. The molecule has 0 unspecified atom stereocenters. The normalized spacial score (nSPS) is 22.2. The molecular weight excluding hydrogens is 296 g/mol. The summed E-state index contributed by atoms with van der Waals surface area (Å²) in [5.41, 5.74) is 1.17. The smallest absolute Gasteiger partial charge is 0.292 e. The van der Waals surface area contributed by atoms with Crippen LogP contribution in [0.3, 0.4) is 0 Å². The van der Waals surface area contributed by atoms with Crippen LogP contribution in [0.2, 0.25) is 0 Å². The van der Waals surface area contributed by atoms with Crippen LogP contribution >= 0.6 is 0 Å². The summed E-state index contributed by atoms with van der Waals surface area (Å²) in [4.78, 5) is 22.6. The van der Waals surface area contributed by atoms with Crippen molar-refractivity contribution in [1.82, 2.24) is 29.9 Å². The molecule has 1 saturated heterocycles. The van der Waals surface area contributed by atoms with Gasteiger partial charge in [0.05, 0.1) is 18.1 Å². The predicted octanol–water partition coefficient (Wildman–Crippen LogP) is 0.924. The van der Waals surface area contributed by atoms with Crippen molar-refractivity contribution in [3.63, 3.8) is 0 Å². The summed E-state index contributed by atoms with van der Waals surface area (Å²) >= 11 is 0. The fourth-order valence-electron chi connectivity index (χ4n) is 3.29. The van der Waals surface area contributed by atoms with Gasteiger partial charge in [-0.3, -0.25) is 9.69 Å². The van der Waals surface area contributed by atoms with Gasteiger partial charge in [-0.05, 0) is 32.4 Å². The molecule has 2 atom stereocenters. The first-order chi connectivity index (χ1) is 11.1. The number of piperidine rings is 1. The minimum atomic E-state index is -0.293. The summed E-state index contributed by atoms with van der Waals surface area (Å²) in [5.74, 6) is 0.504. The minimum absolute atomic E-state index is 0.0868. The second-order valence-corrected chi connectivity index (χ2v) is 6.10. The molecule has 3 heterocycles. The van der Waals surface area contributed by atoms with Crippen molar-refractivity contribution in [2.24, 2.45) is 13.0 Å². The van der Waals surface area contributed by atoms with Crippen LogP contribution in [-0.4, -0.2) is 50.6 Å². The summed E-state index contributed by atoms with van der Waals surface area (Å²) in [5, 5.41) is 6.59. The summed E-state index contributed by atoms with van der Waals surface area (Å²) in [6, 6.07) is 0.239. The maximum atomic E-state index is 12.1. The molecule has 0 saturated carbocycles. The third-order valence-electron chi connectivity index (χ3n) is 4.42. The van der Waals surface area contributed by atoms with Crippen molar-refractivity contribution in [2.45, 2.75) is 25.8 Å². The molecule has 3 rings (SSSR count). The summed E-state index contributed by atoms with van der Waals surface area (Å²) in [7, 11) is 4.12. The number of nitrogens with zero attached hydrogens (tertiary/aromatic N) is 5. The Morgan fingerprint density at radius 1 is 1.48 bits per heavy atom. The molecule has 1 amide bonds. The van der Waals surface area contributed by atoms with Crippen molar-refractivity contribution >= 4 is 5.91 Å². The molecule has 0 aliphatic carbocycles. The molecule has 1 N–H and O–H groups in total. The average Bonchev–Trinajstić information content (AvgIpc) is 3.13. The number of rotatable bonds is 4. The van der Waals surface area contributed by atoms with E-state index in [2.05, 4.69) is 32.4 Å². The van der Waals surface area contributed by atoms with E-state index < -0.39 is 0 Å². The Balaban J connectivity index is 1.69. The number of amides is 1. The Morgan fingerprint density at radius 2 is 2.30 bits per heavy atom. The zero-order valence-electron chi connectivity index (χ0n) is 13.7. The van der Waals surface area contributed by atoms with Gasteiger partial charge in [-0.1, -0.05) is 5.16 Å². The topological polar surface area (TPSA) is 89.1 Å². The Kier molecular flexibility index (Phi) is 4.42. The van der Waals surface area contributed by atoms with E-state index >= 15 is 0 Å². The lowest BCUT2D eigenvalue weighted by atomic mass is 9.87. The lowest BCUT2D eigenvalue weighted by Gasteiger charge is -2.39. The number of aryl methyl sites for hydroxylation is 2. The fourth-order valence-corrected chi connectivity index (χ4v) is 3.29. The minimum Gasteiger partial charge on any atom is -0.349 e. The van der Waals surface area contributed by atoms with Crippen LogP contribution in [0.25, 0.3) is 0 Å². The van der Waals surface area contributed by atoms with Gasteiger partial charge in [-0.25, -0.2) is 4.98 Å². The lowest BCUT2D eigenvalue weighted by Crippen LogP contribution is -2.42. The predicted molar refractivity (Wildman–Crippen MR) is 82.7 cm³/mol. The molecule has 0 bridgehead atoms. The van der Waals surface area contributed by atoms with Crippen LogP contribution in [0, 0.1) is 12.8 Å². The van der Waals surface area contributed by atoms with E-state index in [1.807, 2.05) is 24.1 Å². The zero-order chi connectivity index (χ0) is 16.4. The molecule has 1 fully saturated rings. The third kappa shape index (κ3) is 3.26. The molecular formula is C15H22N6O2. The lowest BCUT2D eigenvalue weighted by molar-refractivity contribution is 0.0870. The van der Waals surface area contributed by atoms with E-state index in [1.54, 1.807) is 6.92 Å². The van der Waals surface area contributed by atoms with Crippen molar-refractivity contribution in [3.8, 4) is 0 Å². The van der Waals surface area contributed by atoms with E-state index in [0.717, 1.165) is 19.4 Å². The van der Waals surface area contributed by atoms with Gasteiger partial charge in [0.25, 0.3) is 11.7 Å². The molecule has 23 heavy (non-hydrogen) atoms. The van der Waals surface area contributed by atoms with Crippen LogP contribution in [0.15, 0.2) is 17.0 Å². The first kappa shape index (κ1) is 15.7. The Hall–Kier alpha value is -2.22. The third-order valence-corrected chi connectivity index (χ3v) is 4.42. The van der Waals surface area contributed by atoms with Gasteiger partial charge in [-0.15, -0.1) is 0 Å². The van der Waals surface area contributed by atoms with Crippen molar-refractivity contribution in [1.29, 1.82) is 0 Å². The number of carbonyl (C=O) groups excluding carboxylic acids is 1. The van der Waals surface area contributed by atoms with Crippen molar-refractivity contribution < 1.29 is 9.32 Å². The molecule has 1 aliphatic rings. The Morgan fingerprint density at radius 3 is 2.96 bits per heavy atom. The van der Waals surface area contributed by atoms with Crippen molar-refractivity contribution in [3.05, 3.63) is 29.9 Å². The van der Waals surface area contributed by atoms with E-state index in [-0.39, 0.29) is 17.8 Å². The monoisotopic (exact) mass is 318 g/mol. The highest BCUT2D eigenvalue weighted by atomic mass is 16.5. The first-order valence-electron chi connectivity index (χ1n) is 7.81. The average molecular weight is 318 g/mol. The van der Waals surface area contributed by atoms with Crippen LogP contribution < -0.4 is 5.32 Å². The van der Waals surface area contributed by atoms with Gasteiger partial charge in [0.15, 0.2) is 0 Å². The number of nitrogens with one attached hydrogen (secondary N) is 1. The van der Waals surface area contributed by atoms with Crippen LogP contribution in [-0.2, 0) is 7.05 Å². The van der Waals surface area contributed by atoms with Crippen LogP contribution in [0.5, 0.6) is 0 Å². The van der Waals surface area contributed by atoms with Gasteiger partial charge in [0.2, 0.25) is 5.89 Å². The fraction of sp³-hybridized carbons (Fsp3) is 0.600. The highest BCUT2D eigenvalue weighted by Gasteiger charge is 2.32. The molecule has 8 nitrogen and oxygen atoms in total. The van der Waals surface area contributed by atoms with Gasteiger partial charge < -0.3 is 14.4 Å². The number of hydrogen-bond acceptors (Lipinski definition) is 6. The second kappa shape index (κ2) is 6.49. The molecule has 2 aromatic heterocycles. The van der Waals surface area contributed by atoms with E-state index in [4.69, 9.17) is 4.52 Å². The van der Waals surface area contributed by atoms with Gasteiger partial charge in [0, 0.05) is 26.7 Å². The summed E-state index contributed by atoms with van der Waals surface area (Å²) in [6.45, 7) is 3.29. The van der Waals surface area contributed by atoms with Gasteiger partial charge in [0.1, 0.15) is 0 Å². The summed E-state index contributed by atoms with van der Waals surface area (Å²) < 4.78 is 6.89. The Labute approximate surface area is 134 Å². The number of imidazole rings is 1. The van der Waals surface area contributed by atoms with E-state index in [9.17, 15) is 4.79 Å². The van der Waals surface area contributed by atoms with E-state index in [0.29, 0.717) is 18.4 Å². The molecule has 0 aromatic carbocycles. The van der Waals surface area contributed by atoms with Gasteiger partial charge >= 0.3 is 0 Å². The maximum Gasteiger partial charge on any atom is 0.292 e. The first-order valence-corrected chi connectivity index (χ1v) is 7.81. The maximum absolute atomic E-state index is 12.1. The second-order valence-electron chi connectivity index (χ2n) is 6.10. The van der Waals surface area contributed by atoms with Gasteiger partial charge in [-0.2, -0.15) is 4.98 Å². The highest BCUT2D eigenvalue weighted by molar-refractivity contribution is 5.90. The molecule has 124 valence electrons. The molecule has 0 radical (unpaired) electrons. The molecule has 8 heteroatoms. The summed E-state index contributed by atoms with van der Waals surface area (Å²) in [6.07, 6.45) is 5.90. The molecule has 2 aromatic rings. The van der Waals surface area contributed by atoms with E-state index in [1.165, 1.54) is 5.69 Å². The number of aromatic nitrogens is 4. The molecule has 0 spiro atoms. The standard InChI is InChI=1S/C15H22N6O2/c1-10-18-14(19-23-10)15(22)17-7-11-5-4-6-20(2)13(11)12-8-16-9-21(12)3/h8-9,11,13H,4-7H2,1-3H3,(H,17,22)/t11-,13+/m0/s1. The zero-order valence-corrected chi connectivity index (χ0v) is 13.7. The number of carbonyl (C=O) groups is 1. The number of hydrogen-bond donors (Lipinski definition) is 1. The Bertz CT molecular complexity index is 679. The van der Waals surface area contributed by atoms with Crippen molar-refractivity contribution in [2.75, 3.05) is 20.1 Å². The largest absolute Gasteiger partial charge is 0.349 e.